The van der Waals surface area contributed by atoms with Gasteiger partial charge in [0.15, 0.2) is 0 Å². The summed E-state index contributed by atoms with van der Waals surface area (Å²) in [5.41, 5.74) is 1.21. The molecule has 2 aromatic carbocycles. The summed E-state index contributed by atoms with van der Waals surface area (Å²) in [5.74, 6) is 3.71. The quantitative estimate of drug-likeness (QED) is 0.357. The lowest BCUT2D eigenvalue weighted by atomic mass is 10.1. The lowest BCUT2D eigenvalue weighted by Crippen LogP contribution is -2.52. The summed E-state index contributed by atoms with van der Waals surface area (Å²) in [7, 11) is -3.03. The summed E-state index contributed by atoms with van der Waals surface area (Å²) in [6.45, 7) is 10.1. The number of carbonyl (C=O) groups is 1. The number of rotatable bonds is 9. The van der Waals surface area contributed by atoms with Crippen molar-refractivity contribution in [2.45, 2.75) is 57.6 Å². The van der Waals surface area contributed by atoms with Crippen molar-refractivity contribution in [1.82, 2.24) is 9.79 Å². The van der Waals surface area contributed by atoms with E-state index in [0.717, 1.165) is 10.8 Å². The highest BCUT2D eigenvalue weighted by Crippen LogP contribution is 2.25. The number of hydrogen-bond acceptors (Lipinski definition) is 4. The SMILES string of the molecule is C=S(=O)(c1ccc2ccccc2c1)N(CCC(C)C)[C@H](COC(C)(C)C)C(=O)NO. The van der Waals surface area contributed by atoms with E-state index in [1.54, 1.807) is 15.9 Å². The summed E-state index contributed by atoms with van der Waals surface area (Å²) >= 11 is 0. The molecule has 30 heavy (non-hydrogen) atoms. The zero-order valence-electron chi connectivity index (χ0n) is 18.6. The lowest BCUT2D eigenvalue weighted by Gasteiger charge is -2.34. The molecule has 0 aliphatic heterocycles. The molecule has 0 spiro atoms. The van der Waals surface area contributed by atoms with Crippen molar-refractivity contribution in [2.75, 3.05) is 13.2 Å². The molecule has 0 aliphatic rings. The molecule has 0 heterocycles. The van der Waals surface area contributed by atoms with Gasteiger partial charge < -0.3 is 4.74 Å². The zero-order valence-corrected chi connectivity index (χ0v) is 19.4. The van der Waals surface area contributed by atoms with E-state index in [4.69, 9.17) is 4.74 Å². The Morgan fingerprint density at radius 3 is 2.40 bits per heavy atom. The van der Waals surface area contributed by atoms with Crippen molar-refractivity contribution >= 4 is 32.3 Å². The molecule has 7 heteroatoms. The number of carbonyl (C=O) groups excluding carboxylic acids is 1. The van der Waals surface area contributed by atoms with E-state index in [1.807, 2.05) is 57.2 Å². The van der Waals surface area contributed by atoms with Crippen LogP contribution in [-0.4, -0.2) is 50.3 Å². The Labute approximate surface area is 180 Å². The predicted octanol–water partition coefficient (Wildman–Crippen LogP) is 3.87. The number of amides is 1. The normalized spacial score (nSPS) is 15.3. The number of benzene rings is 2. The highest BCUT2D eigenvalue weighted by molar-refractivity contribution is 7.98. The van der Waals surface area contributed by atoms with E-state index in [1.165, 1.54) is 0 Å². The van der Waals surface area contributed by atoms with Crippen molar-refractivity contribution in [3.8, 4) is 0 Å². The molecule has 0 aromatic heterocycles. The first-order chi connectivity index (χ1) is 14.0. The fourth-order valence-electron chi connectivity index (χ4n) is 3.09. The minimum Gasteiger partial charge on any atom is -0.374 e. The first-order valence-electron chi connectivity index (χ1n) is 10.2. The van der Waals surface area contributed by atoms with Crippen LogP contribution < -0.4 is 5.48 Å². The van der Waals surface area contributed by atoms with Gasteiger partial charge in [-0.15, -0.1) is 0 Å². The molecule has 2 N–H and O–H groups in total. The molecule has 0 radical (unpaired) electrons. The van der Waals surface area contributed by atoms with Crippen LogP contribution in [0.25, 0.3) is 10.8 Å². The molecule has 1 amide bonds. The lowest BCUT2D eigenvalue weighted by molar-refractivity contribution is -0.137. The second-order valence-electron chi connectivity index (χ2n) is 8.89. The maximum Gasteiger partial charge on any atom is 0.264 e. The van der Waals surface area contributed by atoms with Crippen molar-refractivity contribution in [1.29, 1.82) is 0 Å². The van der Waals surface area contributed by atoms with Gasteiger partial charge in [-0.2, -0.15) is 0 Å². The highest BCUT2D eigenvalue weighted by Gasteiger charge is 2.33. The van der Waals surface area contributed by atoms with Gasteiger partial charge in [-0.3, -0.25) is 10.0 Å². The standard InChI is InChI=1S/C23H34N2O4S/c1-17(2)13-14-25(21(22(26)24-27)16-29-23(3,4)5)30(6,28)20-12-11-18-9-7-8-10-19(18)15-20/h7-12,15,17,21,27H,6,13-14,16H2,1-5H3,(H,24,26)/t21-,30?/m1/s1. The Balaban J connectivity index is 2.50. The number of fused-ring (bicyclic) bond motifs is 1. The molecule has 6 nitrogen and oxygen atoms in total. The molecular weight excluding hydrogens is 400 g/mol. The Kier molecular flexibility index (Phi) is 8.05. The smallest absolute Gasteiger partial charge is 0.264 e. The maximum absolute atomic E-state index is 14.0. The Morgan fingerprint density at radius 2 is 1.83 bits per heavy atom. The summed E-state index contributed by atoms with van der Waals surface area (Å²) < 4.78 is 21.4. The van der Waals surface area contributed by atoms with E-state index >= 15 is 0 Å². The van der Waals surface area contributed by atoms with Crippen LogP contribution in [0.4, 0.5) is 0 Å². The van der Waals surface area contributed by atoms with Crippen LogP contribution in [0.1, 0.15) is 41.0 Å². The van der Waals surface area contributed by atoms with Gasteiger partial charge in [-0.1, -0.05) is 44.2 Å². The second-order valence-corrected chi connectivity index (χ2v) is 11.1. The van der Waals surface area contributed by atoms with Crippen LogP contribution in [0.5, 0.6) is 0 Å². The van der Waals surface area contributed by atoms with Crippen molar-refractivity contribution in [3.05, 3.63) is 42.5 Å². The van der Waals surface area contributed by atoms with Crippen LogP contribution in [0.3, 0.4) is 0 Å². The number of hydroxylamine groups is 1. The molecule has 0 saturated heterocycles. The third-order valence-corrected chi connectivity index (χ3v) is 7.01. The van der Waals surface area contributed by atoms with Gasteiger partial charge in [0.2, 0.25) is 0 Å². The van der Waals surface area contributed by atoms with Gasteiger partial charge in [-0.25, -0.2) is 14.0 Å². The second kappa shape index (κ2) is 9.92. The van der Waals surface area contributed by atoms with Crippen molar-refractivity contribution in [2.24, 2.45) is 5.92 Å². The summed E-state index contributed by atoms with van der Waals surface area (Å²) in [6, 6.07) is 12.4. The van der Waals surface area contributed by atoms with Crippen LogP contribution in [0, 0.1) is 5.92 Å². The number of nitrogens with zero attached hydrogens (tertiary/aromatic N) is 1. The molecule has 1 unspecified atom stereocenters. The third-order valence-electron chi connectivity index (χ3n) is 4.83. The molecule has 0 fully saturated rings. The molecule has 0 bridgehead atoms. The van der Waals surface area contributed by atoms with E-state index < -0.39 is 27.3 Å². The average Bonchev–Trinajstić information content (AvgIpc) is 2.68. The highest BCUT2D eigenvalue weighted by atomic mass is 32.2. The molecule has 0 saturated carbocycles. The zero-order chi connectivity index (χ0) is 22.5. The average molecular weight is 435 g/mol. The van der Waals surface area contributed by atoms with E-state index in [0.29, 0.717) is 23.8 Å². The molecule has 166 valence electrons. The minimum atomic E-state index is -3.03. The van der Waals surface area contributed by atoms with Crippen molar-refractivity contribution < 1.29 is 18.9 Å². The van der Waals surface area contributed by atoms with Crippen LogP contribution in [0.15, 0.2) is 47.4 Å². The Bertz CT molecular complexity index is 965. The van der Waals surface area contributed by atoms with Crippen LogP contribution in [0.2, 0.25) is 0 Å². The number of ether oxygens (including phenoxy) is 1. The maximum atomic E-state index is 14.0. The number of nitrogens with one attached hydrogen (secondary N) is 1. The Morgan fingerprint density at radius 1 is 1.20 bits per heavy atom. The van der Waals surface area contributed by atoms with Gasteiger partial charge in [0.05, 0.1) is 21.9 Å². The monoisotopic (exact) mass is 434 g/mol. The van der Waals surface area contributed by atoms with Gasteiger partial charge >= 0.3 is 0 Å². The van der Waals surface area contributed by atoms with E-state index in [2.05, 4.69) is 19.7 Å². The minimum absolute atomic E-state index is 0.0198. The van der Waals surface area contributed by atoms with Gasteiger partial charge in [-0.05, 0) is 61.9 Å². The van der Waals surface area contributed by atoms with E-state index in [-0.39, 0.29) is 6.61 Å². The van der Waals surface area contributed by atoms with Gasteiger partial charge in [0.1, 0.15) is 6.04 Å². The molecule has 2 rings (SSSR count). The fourth-order valence-corrected chi connectivity index (χ4v) is 4.92. The molecule has 2 atom stereocenters. The molecular formula is C23H34N2O4S. The fraction of sp³-hybridized carbons (Fsp3) is 0.478. The first kappa shape index (κ1) is 24.3. The van der Waals surface area contributed by atoms with Crippen LogP contribution >= 0.6 is 0 Å². The predicted molar refractivity (Wildman–Crippen MR) is 123 cm³/mol. The van der Waals surface area contributed by atoms with Gasteiger partial charge in [0, 0.05) is 11.4 Å². The summed E-state index contributed by atoms with van der Waals surface area (Å²) in [4.78, 5) is 13.1. The summed E-state index contributed by atoms with van der Waals surface area (Å²) in [5, 5.41) is 11.3. The Hall–Kier alpha value is -1.93. The first-order valence-corrected chi connectivity index (χ1v) is 11.8. The van der Waals surface area contributed by atoms with Gasteiger partial charge in [0.25, 0.3) is 5.91 Å². The molecule has 2 aromatic rings. The van der Waals surface area contributed by atoms with Crippen LogP contribution in [-0.2, 0) is 19.2 Å². The molecule has 0 aliphatic carbocycles. The summed E-state index contributed by atoms with van der Waals surface area (Å²) in [6.07, 6.45) is 0.713. The number of hydrogen-bond donors (Lipinski definition) is 2. The van der Waals surface area contributed by atoms with Crippen molar-refractivity contribution in [3.63, 3.8) is 0 Å². The topological polar surface area (TPSA) is 78.9 Å². The van der Waals surface area contributed by atoms with E-state index in [9.17, 15) is 14.2 Å². The largest absolute Gasteiger partial charge is 0.374 e. The third kappa shape index (κ3) is 6.28.